The number of ether oxygens (including phenoxy) is 1. The molecule has 0 aromatic heterocycles. The molecule has 1 fully saturated rings. The smallest absolute Gasteiger partial charge is 0.410 e. The van der Waals surface area contributed by atoms with E-state index in [9.17, 15) is 4.79 Å². The molecule has 1 N–H and O–H groups in total. The Morgan fingerprint density at radius 3 is 2.76 bits per heavy atom. The van der Waals surface area contributed by atoms with Gasteiger partial charge in [0.05, 0.1) is 6.04 Å². The van der Waals surface area contributed by atoms with E-state index in [-0.39, 0.29) is 12.1 Å². The lowest BCUT2D eigenvalue weighted by Crippen LogP contribution is -2.49. The number of nitrogens with zero attached hydrogens (tertiary/aromatic N) is 1. The van der Waals surface area contributed by atoms with E-state index in [1.807, 2.05) is 39.8 Å². The van der Waals surface area contributed by atoms with E-state index >= 15 is 0 Å². The van der Waals surface area contributed by atoms with Gasteiger partial charge in [-0.15, -0.1) is 0 Å². The molecular formula is C16H23ClN2O2. The van der Waals surface area contributed by atoms with Crippen LogP contribution in [0.5, 0.6) is 0 Å². The molecule has 1 saturated heterocycles. The summed E-state index contributed by atoms with van der Waals surface area (Å²) < 4.78 is 5.44. The van der Waals surface area contributed by atoms with Crippen molar-refractivity contribution in [1.29, 1.82) is 0 Å². The summed E-state index contributed by atoms with van der Waals surface area (Å²) in [6, 6.07) is 6.09. The predicted octanol–water partition coefficient (Wildman–Crippen LogP) is 3.53. The van der Waals surface area contributed by atoms with Gasteiger partial charge >= 0.3 is 6.09 Å². The van der Waals surface area contributed by atoms with Gasteiger partial charge < -0.3 is 15.0 Å². The monoisotopic (exact) mass is 310 g/mol. The highest BCUT2D eigenvalue weighted by molar-refractivity contribution is 6.31. The molecule has 0 saturated carbocycles. The third-order valence-electron chi connectivity index (χ3n) is 3.41. The van der Waals surface area contributed by atoms with Crippen LogP contribution in [0.3, 0.4) is 0 Å². The maximum atomic E-state index is 12.2. The molecule has 2 rings (SSSR count). The zero-order valence-electron chi connectivity index (χ0n) is 13.1. The second kappa shape index (κ2) is 6.24. The van der Waals surface area contributed by atoms with Crippen molar-refractivity contribution in [2.45, 2.75) is 39.3 Å². The number of hydrogen-bond acceptors (Lipinski definition) is 3. The zero-order chi connectivity index (χ0) is 15.6. The number of rotatable bonds is 1. The number of halogens is 1. The first-order chi connectivity index (χ1) is 9.76. The maximum Gasteiger partial charge on any atom is 0.410 e. The summed E-state index contributed by atoms with van der Waals surface area (Å²) in [4.78, 5) is 13.9. The van der Waals surface area contributed by atoms with Crippen molar-refractivity contribution in [3.63, 3.8) is 0 Å². The molecule has 1 aliphatic heterocycles. The minimum Gasteiger partial charge on any atom is -0.444 e. The number of amides is 1. The Hall–Kier alpha value is -1.26. The topological polar surface area (TPSA) is 41.6 Å². The number of benzene rings is 1. The van der Waals surface area contributed by atoms with Crippen molar-refractivity contribution in [1.82, 2.24) is 10.2 Å². The molecule has 1 aromatic carbocycles. The lowest BCUT2D eigenvalue weighted by molar-refractivity contribution is 0.0195. The van der Waals surface area contributed by atoms with E-state index in [0.29, 0.717) is 13.1 Å². The molecule has 1 heterocycles. The van der Waals surface area contributed by atoms with Gasteiger partial charge in [0.1, 0.15) is 5.60 Å². The van der Waals surface area contributed by atoms with Crippen molar-refractivity contribution < 1.29 is 9.53 Å². The lowest BCUT2D eigenvalue weighted by atomic mass is 10.0. The Balaban J connectivity index is 2.06. The van der Waals surface area contributed by atoms with Gasteiger partial charge in [-0.25, -0.2) is 4.79 Å². The second-order valence-corrected chi connectivity index (χ2v) is 6.85. The number of carbonyl (C=O) groups is 1. The lowest BCUT2D eigenvalue weighted by Gasteiger charge is -2.35. The van der Waals surface area contributed by atoms with E-state index < -0.39 is 5.60 Å². The molecule has 0 bridgehead atoms. The molecule has 0 spiro atoms. The largest absolute Gasteiger partial charge is 0.444 e. The Morgan fingerprint density at radius 1 is 1.43 bits per heavy atom. The minimum absolute atomic E-state index is 0.113. The average molecular weight is 311 g/mol. The molecule has 1 unspecified atom stereocenters. The standard InChI is InChI=1S/C16H23ClN2O2/c1-11-9-12(5-6-13(11)17)14-10-19(8-7-18-14)15(20)21-16(2,3)4/h5-6,9,14,18H,7-8,10H2,1-4H3. The van der Waals surface area contributed by atoms with Crippen molar-refractivity contribution in [2.24, 2.45) is 0 Å². The first-order valence-electron chi connectivity index (χ1n) is 7.23. The van der Waals surface area contributed by atoms with Crippen LogP contribution in [0.1, 0.15) is 37.9 Å². The van der Waals surface area contributed by atoms with Gasteiger partial charge in [-0.3, -0.25) is 0 Å². The Labute approximate surface area is 131 Å². The number of nitrogens with one attached hydrogen (secondary N) is 1. The van der Waals surface area contributed by atoms with Crippen molar-refractivity contribution in [3.8, 4) is 0 Å². The highest BCUT2D eigenvalue weighted by Crippen LogP contribution is 2.23. The van der Waals surface area contributed by atoms with E-state index in [1.165, 1.54) is 0 Å². The normalized spacial score (nSPS) is 19.5. The summed E-state index contributed by atoms with van der Waals surface area (Å²) >= 11 is 6.07. The van der Waals surface area contributed by atoms with Crippen molar-refractivity contribution in [2.75, 3.05) is 19.6 Å². The molecule has 21 heavy (non-hydrogen) atoms. The van der Waals surface area contributed by atoms with Crippen LogP contribution in [-0.4, -0.2) is 36.2 Å². The molecule has 5 heteroatoms. The van der Waals surface area contributed by atoms with Crippen LogP contribution in [0.25, 0.3) is 0 Å². The number of piperazine rings is 1. The van der Waals surface area contributed by atoms with Gasteiger partial charge in [0.2, 0.25) is 0 Å². The molecule has 1 aromatic rings. The first-order valence-corrected chi connectivity index (χ1v) is 7.61. The Morgan fingerprint density at radius 2 is 2.14 bits per heavy atom. The third kappa shape index (κ3) is 4.35. The van der Waals surface area contributed by atoms with Crippen LogP contribution in [0, 0.1) is 6.92 Å². The van der Waals surface area contributed by atoms with E-state index in [1.54, 1.807) is 4.90 Å². The van der Waals surface area contributed by atoms with Gasteiger partial charge in [0.15, 0.2) is 0 Å². The maximum absolute atomic E-state index is 12.2. The van der Waals surface area contributed by atoms with Crippen LogP contribution in [0.2, 0.25) is 5.02 Å². The van der Waals surface area contributed by atoms with Gasteiger partial charge in [0, 0.05) is 24.7 Å². The number of hydrogen-bond donors (Lipinski definition) is 1. The van der Waals surface area contributed by atoms with Crippen molar-refractivity contribution in [3.05, 3.63) is 34.3 Å². The van der Waals surface area contributed by atoms with E-state index in [2.05, 4.69) is 11.4 Å². The third-order valence-corrected chi connectivity index (χ3v) is 3.84. The fraction of sp³-hybridized carbons (Fsp3) is 0.562. The van der Waals surface area contributed by atoms with Gasteiger partial charge in [-0.2, -0.15) is 0 Å². The van der Waals surface area contributed by atoms with Gasteiger partial charge in [-0.05, 0) is 44.9 Å². The number of aryl methyl sites for hydroxylation is 1. The fourth-order valence-electron chi connectivity index (χ4n) is 2.35. The summed E-state index contributed by atoms with van der Waals surface area (Å²) in [5, 5.41) is 4.20. The number of carbonyl (C=O) groups excluding carboxylic acids is 1. The van der Waals surface area contributed by atoms with Crippen LogP contribution >= 0.6 is 11.6 Å². The highest BCUT2D eigenvalue weighted by atomic mass is 35.5. The quantitative estimate of drug-likeness (QED) is 0.863. The van der Waals surface area contributed by atoms with Crippen LogP contribution in [-0.2, 0) is 4.74 Å². The Bertz CT molecular complexity index is 525. The Kier molecular flexibility index (Phi) is 4.79. The molecule has 116 valence electrons. The van der Waals surface area contributed by atoms with Crippen LogP contribution in [0.15, 0.2) is 18.2 Å². The first kappa shape index (κ1) is 16.1. The summed E-state index contributed by atoms with van der Waals surface area (Å²) in [5.41, 5.74) is 1.73. The highest BCUT2D eigenvalue weighted by Gasteiger charge is 2.28. The van der Waals surface area contributed by atoms with Crippen molar-refractivity contribution >= 4 is 17.7 Å². The summed E-state index contributed by atoms with van der Waals surface area (Å²) in [7, 11) is 0. The molecule has 4 nitrogen and oxygen atoms in total. The van der Waals surface area contributed by atoms with Gasteiger partial charge in [-0.1, -0.05) is 23.7 Å². The molecule has 0 radical (unpaired) electrons. The minimum atomic E-state index is -0.464. The SMILES string of the molecule is Cc1cc(C2CN(C(=O)OC(C)(C)C)CCN2)ccc1Cl. The fourth-order valence-corrected chi connectivity index (χ4v) is 2.47. The van der Waals surface area contributed by atoms with Gasteiger partial charge in [0.25, 0.3) is 0 Å². The van der Waals surface area contributed by atoms with E-state index in [0.717, 1.165) is 22.7 Å². The predicted molar refractivity (Wildman–Crippen MR) is 84.7 cm³/mol. The molecule has 1 aliphatic rings. The van der Waals surface area contributed by atoms with E-state index in [4.69, 9.17) is 16.3 Å². The second-order valence-electron chi connectivity index (χ2n) is 6.44. The van der Waals surface area contributed by atoms with Crippen LogP contribution in [0.4, 0.5) is 4.79 Å². The summed E-state index contributed by atoms with van der Waals surface area (Å²) in [6.45, 7) is 9.66. The molecule has 1 atom stereocenters. The van der Waals surface area contributed by atoms with Crippen LogP contribution < -0.4 is 5.32 Å². The molecule has 1 amide bonds. The zero-order valence-corrected chi connectivity index (χ0v) is 13.8. The average Bonchev–Trinajstić information content (AvgIpc) is 2.40. The summed E-state index contributed by atoms with van der Waals surface area (Å²) in [6.07, 6.45) is -0.250. The molecule has 0 aliphatic carbocycles. The summed E-state index contributed by atoms with van der Waals surface area (Å²) in [5.74, 6) is 0. The molecular weight excluding hydrogens is 288 g/mol.